The van der Waals surface area contributed by atoms with E-state index in [4.69, 9.17) is 18.9 Å². The highest BCUT2D eigenvalue weighted by atomic mass is 16.6. The molecule has 12 aliphatic rings. The molecule has 276 valence electrons. The van der Waals surface area contributed by atoms with Crippen LogP contribution in [0.3, 0.4) is 0 Å². The molecule has 0 heterocycles. The summed E-state index contributed by atoms with van der Waals surface area (Å²) >= 11 is 0. The Kier molecular flexibility index (Phi) is 8.23. The van der Waals surface area contributed by atoms with Crippen LogP contribution < -0.4 is 0 Å². The topological polar surface area (TPSA) is 105 Å². The minimum atomic E-state index is -0.796. The van der Waals surface area contributed by atoms with Crippen LogP contribution >= 0.6 is 0 Å². The summed E-state index contributed by atoms with van der Waals surface area (Å²) in [6.45, 7) is 4.79. The van der Waals surface area contributed by atoms with Gasteiger partial charge in [-0.25, -0.2) is 0 Å². The summed E-state index contributed by atoms with van der Waals surface area (Å²) in [5, 5.41) is 0. The lowest BCUT2D eigenvalue weighted by molar-refractivity contribution is -0.244. The molecule has 0 N–H and O–H groups in total. The smallest absolute Gasteiger partial charge is 0.312 e. The molecule has 0 aliphatic heterocycles. The molecular weight excluding hydrogens is 632 g/mol. The fraction of sp³-hybridized carbons (Fsp3) is 0.905. The molecule has 12 fully saturated rings. The zero-order valence-corrected chi connectivity index (χ0v) is 30.6. The Morgan fingerprint density at radius 3 is 1.12 bits per heavy atom. The molecule has 0 aromatic heterocycles. The third kappa shape index (κ3) is 5.31. The van der Waals surface area contributed by atoms with E-state index in [-0.39, 0.29) is 72.2 Å². The quantitative estimate of drug-likeness (QED) is 0.151. The first-order chi connectivity index (χ1) is 24.1. The van der Waals surface area contributed by atoms with Crippen LogP contribution in [0.1, 0.15) is 142 Å². The maximum Gasteiger partial charge on any atom is 0.312 e. The van der Waals surface area contributed by atoms with E-state index >= 15 is 0 Å². The number of carbonyl (C=O) groups excluding carboxylic acids is 4. The Morgan fingerprint density at radius 2 is 0.800 bits per heavy atom. The molecular formula is C42H60O8. The van der Waals surface area contributed by atoms with Crippen molar-refractivity contribution >= 4 is 23.9 Å². The second kappa shape index (κ2) is 12.2. The van der Waals surface area contributed by atoms with E-state index in [1.165, 1.54) is 12.8 Å². The van der Waals surface area contributed by atoms with Gasteiger partial charge in [-0.15, -0.1) is 0 Å². The molecule has 0 radical (unpaired) electrons. The lowest BCUT2D eigenvalue weighted by Crippen LogP contribution is -2.65. The van der Waals surface area contributed by atoms with E-state index in [1.54, 1.807) is 0 Å². The van der Waals surface area contributed by atoms with Gasteiger partial charge in [-0.3, -0.25) is 19.2 Å². The second-order valence-electron chi connectivity index (χ2n) is 19.6. The number of hydrogen-bond acceptors (Lipinski definition) is 8. The van der Waals surface area contributed by atoms with Crippen molar-refractivity contribution in [1.29, 1.82) is 0 Å². The van der Waals surface area contributed by atoms with Crippen LogP contribution in [0.25, 0.3) is 0 Å². The zero-order chi connectivity index (χ0) is 34.5. The molecule has 12 saturated carbocycles. The maximum atomic E-state index is 15.0. The second-order valence-corrected chi connectivity index (χ2v) is 19.6. The zero-order valence-electron chi connectivity index (χ0n) is 30.6. The summed E-state index contributed by atoms with van der Waals surface area (Å²) in [7, 11) is 0. The van der Waals surface area contributed by atoms with Gasteiger partial charge in [0.15, 0.2) is 0 Å². The molecule has 12 bridgehead atoms. The highest BCUT2D eigenvalue weighted by Crippen LogP contribution is 2.69. The van der Waals surface area contributed by atoms with E-state index in [0.29, 0.717) is 43.3 Å². The minimum absolute atomic E-state index is 0.158. The Hall–Kier alpha value is -2.12. The van der Waals surface area contributed by atoms with Crippen LogP contribution in [0.4, 0.5) is 0 Å². The summed E-state index contributed by atoms with van der Waals surface area (Å²) in [5.41, 5.74) is -3.05. The summed E-state index contributed by atoms with van der Waals surface area (Å²) in [6.07, 6.45) is 17.2. The molecule has 0 spiro atoms. The van der Waals surface area contributed by atoms with E-state index in [1.807, 2.05) is 13.8 Å². The van der Waals surface area contributed by atoms with E-state index in [2.05, 4.69) is 0 Å². The van der Waals surface area contributed by atoms with E-state index < -0.39 is 22.0 Å². The molecule has 0 aromatic rings. The van der Waals surface area contributed by atoms with Gasteiger partial charge in [0.05, 0.1) is 36.9 Å². The van der Waals surface area contributed by atoms with Crippen LogP contribution in [-0.4, -0.2) is 48.3 Å². The molecule has 8 nitrogen and oxygen atoms in total. The normalized spacial score (nSPS) is 48.4. The van der Waals surface area contributed by atoms with Crippen LogP contribution in [0.2, 0.25) is 0 Å². The third-order valence-electron chi connectivity index (χ3n) is 16.3. The van der Waals surface area contributed by atoms with Crippen molar-refractivity contribution < 1.29 is 38.1 Å². The molecule has 0 atom stereocenters. The van der Waals surface area contributed by atoms with Crippen molar-refractivity contribution in [3.63, 3.8) is 0 Å². The molecule has 0 saturated heterocycles. The Labute approximate surface area is 298 Å². The van der Waals surface area contributed by atoms with Crippen molar-refractivity contribution in [2.45, 2.75) is 153 Å². The van der Waals surface area contributed by atoms with Crippen LogP contribution in [-0.2, 0) is 38.1 Å². The largest absolute Gasteiger partial charge is 0.466 e. The van der Waals surface area contributed by atoms with Gasteiger partial charge in [-0.1, -0.05) is 13.8 Å². The van der Waals surface area contributed by atoms with Crippen LogP contribution in [0.5, 0.6) is 0 Å². The van der Waals surface area contributed by atoms with Gasteiger partial charge in [-0.05, 0) is 151 Å². The predicted octanol–water partition coefficient (Wildman–Crippen LogP) is 7.74. The van der Waals surface area contributed by atoms with E-state index in [0.717, 1.165) is 96.3 Å². The van der Waals surface area contributed by atoms with Gasteiger partial charge in [0.2, 0.25) is 0 Å². The Bertz CT molecular complexity index is 1230. The average molecular weight is 693 g/mol. The van der Waals surface area contributed by atoms with Gasteiger partial charge in [0, 0.05) is 23.7 Å². The highest BCUT2D eigenvalue weighted by molar-refractivity contribution is 5.84. The molecule has 12 rings (SSSR count). The van der Waals surface area contributed by atoms with Crippen molar-refractivity contribution in [1.82, 2.24) is 0 Å². The third-order valence-corrected chi connectivity index (χ3v) is 16.3. The minimum Gasteiger partial charge on any atom is -0.466 e. The molecule has 0 aromatic carbocycles. The SMILES string of the molecule is CCCOC(=O)CC1(OC(=O)C23CC4CC(C2)CC(C(=O)OC2(CC(=O)OCCC)C5CC6CC(C5)CC2C6)(C4)C3)C2CC3CC(C2)CC1C3. The van der Waals surface area contributed by atoms with Crippen LogP contribution in [0.15, 0.2) is 0 Å². The predicted molar refractivity (Wildman–Crippen MR) is 183 cm³/mol. The van der Waals surface area contributed by atoms with Crippen LogP contribution in [0, 0.1) is 70.0 Å². The van der Waals surface area contributed by atoms with Gasteiger partial charge in [0.1, 0.15) is 11.2 Å². The highest BCUT2D eigenvalue weighted by Gasteiger charge is 2.69. The molecule has 50 heavy (non-hydrogen) atoms. The van der Waals surface area contributed by atoms with Gasteiger partial charge >= 0.3 is 23.9 Å². The molecule has 12 aliphatic carbocycles. The first kappa shape index (κ1) is 33.7. The maximum absolute atomic E-state index is 15.0. The number of esters is 4. The Morgan fingerprint density at radius 1 is 0.480 bits per heavy atom. The molecule has 0 amide bonds. The van der Waals surface area contributed by atoms with E-state index in [9.17, 15) is 19.2 Å². The van der Waals surface area contributed by atoms with Crippen molar-refractivity contribution in [3.05, 3.63) is 0 Å². The summed E-state index contributed by atoms with van der Waals surface area (Å²) in [6, 6.07) is 0. The van der Waals surface area contributed by atoms with Crippen molar-refractivity contribution in [3.8, 4) is 0 Å². The lowest BCUT2D eigenvalue weighted by Gasteiger charge is -2.63. The summed E-state index contributed by atoms with van der Waals surface area (Å²) in [5.74, 6) is 3.26. The first-order valence-electron chi connectivity index (χ1n) is 20.8. The fourth-order valence-corrected chi connectivity index (χ4v) is 15.2. The molecule has 8 heteroatoms. The number of carbonyl (C=O) groups is 4. The summed E-state index contributed by atoms with van der Waals surface area (Å²) in [4.78, 5) is 56.6. The number of rotatable bonds is 12. The summed E-state index contributed by atoms with van der Waals surface area (Å²) < 4.78 is 25.2. The lowest BCUT2D eigenvalue weighted by atomic mass is 9.44. The Balaban J connectivity index is 0.992. The number of hydrogen-bond donors (Lipinski definition) is 0. The molecule has 0 unspecified atom stereocenters. The average Bonchev–Trinajstić information content (AvgIpc) is 3.06. The monoisotopic (exact) mass is 692 g/mol. The van der Waals surface area contributed by atoms with Crippen molar-refractivity contribution in [2.75, 3.05) is 13.2 Å². The van der Waals surface area contributed by atoms with Gasteiger partial charge in [0.25, 0.3) is 0 Å². The first-order valence-corrected chi connectivity index (χ1v) is 20.8. The standard InChI is InChI=1S/C42H60O8/c1-3-5-47-35(43)22-41(31-10-25-7-26(12-31)13-32(41)11-25)49-37(45)39-18-29-9-30(19-39)21-40(20-29,24-39)38(46)50-42(23-36(44)48-6-4-2)33-14-27-8-28(16-33)17-34(42)15-27/h25-34H,3-24H2,1-2H3. The fourth-order valence-electron chi connectivity index (χ4n) is 15.2. The van der Waals surface area contributed by atoms with Gasteiger partial charge < -0.3 is 18.9 Å². The van der Waals surface area contributed by atoms with Gasteiger partial charge in [-0.2, -0.15) is 0 Å². The van der Waals surface area contributed by atoms with Crippen molar-refractivity contribution in [2.24, 2.45) is 70.0 Å². The number of ether oxygens (including phenoxy) is 4.